The van der Waals surface area contributed by atoms with Crippen LogP contribution in [0.3, 0.4) is 0 Å². The first kappa shape index (κ1) is 16.1. The third-order valence-corrected chi connectivity index (χ3v) is 2.85. The summed E-state index contributed by atoms with van der Waals surface area (Å²) in [4.78, 5) is 4.41. The molecule has 1 aromatic heterocycles. The largest absolute Gasteiger partial charge is 0.381 e. The molecule has 0 aliphatic heterocycles. The molecule has 1 unspecified atom stereocenters. The van der Waals surface area contributed by atoms with Crippen molar-refractivity contribution in [2.24, 2.45) is 5.92 Å². The first-order chi connectivity index (χ1) is 9.15. The zero-order valence-electron chi connectivity index (χ0n) is 12.6. The molecule has 0 saturated carbocycles. The SMILES string of the molecule is CCNC(Cc1nc(CCOCC)no1)CC(C)C. The molecule has 1 atom stereocenters. The molecular weight excluding hydrogens is 242 g/mol. The number of nitrogens with zero attached hydrogens (tertiary/aromatic N) is 2. The van der Waals surface area contributed by atoms with E-state index in [2.05, 4.69) is 36.2 Å². The molecule has 0 fully saturated rings. The molecule has 0 aliphatic rings. The summed E-state index contributed by atoms with van der Waals surface area (Å²) in [5.74, 6) is 2.12. The lowest BCUT2D eigenvalue weighted by Crippen LogP contribution is -2.32. The van der Waals surface area contributed by atoms with Crippen LogP contribution in [0.15, 0.2) is 4.52 Å². The van der Waals surface area contributed by atoms with Crippen molar-refractivity contribution in [1.82, 2.24) is 15.5 Å². The van der Waals surface area contributed by atoms with Gasteiger partial charge in [0.15, 0.2) is 5.82 Å². The van der Waals surface area contributed by atoms with Crippen molar-refractivity contribution in [3.8, 4) is 0 Å². The van der Waals surface area contributed by atoms with E-state index >= 15 is 0 Å². The van der Waals surface area contributed by atoms with Gasteiger partial charge in [0, 0.05) is 25.5 Å². The molecule has 1 aromatic rings. The fourth-order valence-electron chi connectivity index (χ4n) is 2.09. The minimum Gasteiger partial charge on any atom is -0.381 e. The smallest absolute Gasteiger partial charge is 0.228 e. The van der Waals surface area contributed by atoms with Crippen LogP contribution in [0.4, 0.5) is 0 Å². The lowest BCUT2D eigenvalue weighted by Gasteiger charge is -2.17. The van der Waals surface area contributed by atoms with Crippen LogP contribution in [-0.2, 0) is 17.6 Å². The Morgan fingerprint density at radius 1 is 1.32 bits per heavy atom. The third-order valence-electron chi connectivity index (χ3n) is 2.85. The van der Waals surface area contributed by atoms with Crippen molar-refractivity contribution >= 4 is 0 Å². The average molecular weight is 269 g/mol. The van der Waals surface area contributed by atoms with Crippen LogP contribution in [0.1, 0.15) is 45.8 Å². The van der Waals surface area contributed by atoms with Crippen LogP contribution in [0.25, 0.3) is 0 Å². The van der Waals surface area contributed by atoms with E-state index < -0.39 is 0 Å². The summed E-state index contributed by atoms with van der Waals surface area (Å²) in [6, 6.07) is 0.408. The average Bonchev–Trinajstić information content (AvgIpc) is 2.76. The zero-order chi connectivity index (χ0) is 14.1. The lowest BCUT2D eigenvalue weighted by atomic mass is 10.0. The van der Waals surface area contributed by atoms with Gasteiger partial charge >= 0.3 is 0 Å². The molecule has 5 nitrogen and oxygen atoms in total. The van der Waals surface area contributed by atoms with Crippen LogP contribution in [-0.4, -0.2) is 35.9 Å². The van der Waals surface area contributed by atoms with E-state index in [1.165, 1.54) is 0 Å². The van der Waals surface area contributed by atoms with Gasteiger partial charge in [-0.1, -0.05) is 25.9 Å². The molecule has 0 radical (unpaired) electrons. The van der Waals surface area contributed by atoms with E-state index in [1.807, 2.05) is 6.92 Å². The van der Waals surface area contributed by atoms with Crippen molar-refractivity contribution < 1.29 is 9.26 Å². The number of hydrogen-bond donors (Lipinski definition) is 1. The zero-order valence-corrected chi connectivity index (χ0v) is 12.6. The molecule has 1 N–H and O–H groups in total. The Hall–Kier alpha value is -0.940. The summed E-state index contributed by atoms with van der Waals surface area (Å²) in [6.45, 7) is 10.9. The Labute approximate surface area is 116 Å². The van der Waals surface area contributed by atoms with Crippen molar-refractivity contribution in [1.29, 1.82) is 0 Å². The van der Waals surface area contributed by atoms with E-state index in [1.54, 1.807) is 0 Å². The van der Waals surface area contributed by atoms with Crippen molar-refractivity contribution in [3.05, 3.63) is 11.7 Å². The molecule has 0 aliphatic carbocycles. The van der Waals surface area contributed by atoms with Crippen LogP contribution in [0.2, 0.25) is 0 Å². The molecule has 19 heavy (non-hydrogen) atoms. The Morgan fingerprint density at radius 2 is 2.11 bits per heavy atom. The topological polar surface area (TPSA) is 60.2 Å². The quantitative estimate of drug-likeness (QED) is 0.660. The summed E-state index contributed by atoms with van der Waals surface area (Å²) in [5, 5.41) is 7.46. The molecule has 0 amide bonds. The normalized spacial score (nSPS) is 13.1. The first-order valence-corrected chi connectivity index (χ1v) is 7.28. The monoisotopic (exact) mass is 269 g/mol. The number of ether oxygens (including phenoxy) is 1. The highest BCUT2D eigenvalue weighted by Crippen LogP contribution is 2.10. The highest BCUT2D eigenvalue weighted by molar-refractivity contribution is 4.90. The van der Waals surface area contributed by atoms with Gasteiger partial charge in [0.25, 0.3) is 0 Å². The van der Waals surface area contributed by atoms with Gasteiger partial charge in [-0.05, 0) is 25.8 Å². The van der Waals surface area contributed by atoms with Crippen LogP contribution >= 0.6 is 0 Å². The fourth-order valence-corrected chi connectivity index (χ4v) is 2.09. The fraction of sp³-hybridized carbons (Fsp3) is 0.857. The Kier molecular flexibility index (Phi) is 7.67. The molecule has 1 rings (SSSR count). The molecule has 0 saturated heterocycles. The van der Waals surface area contributed by atoms with Crippen molar-refractivity contribution in [3.63, 3.8) is 0 Å². The predicted octanol–water partition coefficient (Wildman–Crippen LogP) is 2.22. The number of hydrogen-bond acceptors (Lipinski definition) is 5. The molecule has 0 bridgehead atoms. The second-order valence-corrected chi connectivity index (χ2v) is 5.14. The maximum absolute atomic E-state index is 5.30. The number of nitrogens with one attached hydrogen (secondary N) is 1. The first-order valence-electron chi connectivity index (χ1n) is 7.28. The number of rotatable bonds is 10. The van der Waals surface area contributed by atoms with E-state index in [9.17, 15) is 0 Å². The number of likely N-dealkylation sites (N-methyl/N-ethyl adjacent to an activating group) is 1. The van der Waals surface area contributed by atoms with Crippen LogP contribution in [0, 0.1) is 5.92 Å². The summed E-state index contributed by atoms with van der Waals surface area (Å²) < 4.78 is 10.6. The van der Waals surface area contributed by atoms with E-state index in [4.69, 9.17) is 9.26 Å². The van der Waals surface area contributed by atoms with Crippen LogP contribution in [0.5, 0.6) is 0 Å². The highest BCUT2D eigenvalue weighted by atomic mass is 16.5. The van der Waals surface area contributed by atoms with Crippen molar-refractivity contribution in [2.45, 2.75) is 53.0 Å². The van der Waals surface area contributed by atoms with Gasteiger partial charge < -0.3 is 14.6 Å². The van der Waals surface area contributed by atoms with Gasteiger partial charge in [-0.2, -0.15) is 4.98 Å². The lowest BCUT2D eigenvalue weighted by molar-refractivity contribution is 0.149. The second-order valence-electron chi connectivity index (χ2n) is 5.14. The van der Waals surface area contributed by atoms with E-state index in [-0.39, 0.29) is 0 Å². The Morgan fingerprint density at radius 3 is 2.74 bits per heavy atom. The third kappa shape index (κ3) is 6.68. The van der Waals surface area contributed by atoms with Crippen LogP contribution < -0.4 is 5.32 Å². The summed E-state index contributed by atoms with van der Waals surface area (Å²) >= 11 is 0. The maximum Gasteiger partial charge on any atom is 0.228 e. The van der Waals surface area contributed by atoms with Gasteiger partial charge in [0.2, 0.25) is 5.89 Å². The predicted molar refractivity (Wildman–Crippen MR) is 75.1 cm³/mol. The van der Waals surface area contributed by atoms with Gasteiger partial charge in [-0.25, -0.2) is 0 Å². The van der Waals surface area contributed by atoms with Crippen molar-refractivity contribution in [2.75, 3.05) is 19.8 Å². The summed E-state index contributed by atoms with van der Waals surface area (Å²) in [5.41, 5.74) is 0. The van der Waals surface area contributed by atoms with Gasteiger partial charge in [0.05, 0.1) is 6.61 Å². The maximum atomic E-state index is 5.30. The van der Waals surface area contributed by atoms with E-state index in [0.29, 0.717) is 25.0 Å². The summed E-state index contributed by atoms with van der Waals surface area (Å²) in [7, 11) is 0. The Balaban J connectivity index is 2.45. The minimum absolute atomic E-state index is 0.408. The molecule has 0 spiro atoms. The van der Waals surface area contributed by atoms with Gasteiger partial charge in [-0.3, -0.25) is 0 Å². The van der Waals surface area contributed by atoms with E-state index in [0.717, 1.165) is 37.7 Å². The molecule has 1 heterocycles. The molecule has 110 valence electrons. The van der Waals surface area contributed by atoms with Gasteiger partial charge in [0.1, 0.15) is 0 Å². The minimum atomic E-state index is 0.408. The summed E-state index contributed by atoms with van der Waals surface area (Å²) in [6.07, 6.45) is 2.63. The molecular formula is C14H27N3O2. The van der Waals surface area contributed by atoms with Gasteiger partial charge in [-0.15, -0.1) is 0 Å². The number of aromatic nitrogens is 2. The molecule has 5 heteroatoms. The second kappa shape index (κ2) is 9.04. The highest BCUT2D eigenvalue weighted by Gasteiger charge is 2.15. The Bertz CT molecular complexity index is 339. The standard InChI is InChI=1S/C14H27N3O2/c1-5-15-12(9-11(3)4)10-14-16-13(17-19-14)7-8-18-6-2/h11-12,15H,5-10H2,1-4H3. The molecule has 0 aromatic carbocycles.